The monoisotopic (exact) mass is 505 g/mol. The minimum Gasteiger partial charge on any atom is -0.481 e. The molecule has 4 fully saturated rings. The van der Waals surface area contributed by atoms with Gasteiger partial charge in [0.15, 0.2) is 0 Å². The quantitative estimate of drug-likeness (QED) is 0.324. The molecule has 4 rings (SSSR count). The van der Waals surface area contributed by atoms with Crippen LogP contribution in [0.4, 0.5) is 0 Å². The van der Waals surface area contributed by atoms with E-state index in [1.807, 2.05) is 0 Å². The maximum atomic E-state index is 12.5. The standard InChI is InChI=1S/C30H51NO5/c1-5-6-7-8-26(34)31-20-13-14-29(3)19(15-20)16-24(32)28-22-11-10-21(18(2)9-12-27(35)36)30(22,4)25(33)17-23(28)29/h18-25,28,32-33H,5-17H2,1-4H3,(H,31,34)(H,35,36)/t18-,19?,20+,21-,22?,23?,24-,25+,28?,29+,30-/m1/s1. The van der Waals surface area contributed by atoms with Gasteiger partial charge in [0.25, 0.3) is 0 Å². The zero-order valence-electron chi connectivity index (χ0n) is 23.0. The fraction of sp³-hybridized carbons (Fsp3) is 0.933. The lowest BCUT2D eigenvalue weighted by molar-refractivity contribution is -0.202. The van der Waals surface area contributed by atoms with Crippen LogP contribution in [0, 0.1) is 46.3 Å². The summed E-state index contributed by atoms with van der Waals surface area (Å²) < 4.78 is 0. The molecule has 0 aliphatic heterocycles. The van der Waals surface area contributed by atoms with Crippen molar-refractivity contribution in [2.75, 3.05) is 0 Å². The average molecular weight is 506 g/mol. The van der Waals surface area contributed by atoms with Gasteiger partial charge in [-0.3, -0.25) is 9.59 Å². The second-order valence-corrected chi connectivity index (χ2v) is 13.5. The highest BCUT2D eigenvalue weighted by Gasteiger charge is 2.65. The van der Waals surface area contributed by atoms with Gasteiger partial charge in [-0.15, -0.1) is 0 Å². The maximum Gasteiger partial charge on any atom is 0.303 e. The Balaban J connectivity index is 1.46. The summed E-state index contributed by atoms with van der Waals surface area (Å²) in [6.45, 7) is 8.95. The number of unbranched alkanes of at least 4 members (excludes halogenated alkanes) is 2. The lowest BCUT2D eigenvalue weighted by atomic mass is 9.43. The predicted octanol–water partition coefficient (Wildman–Crippen LogP) is 5.15. The average Bonchev–Trinajstić information content (AvgIpc) is 3.18. The van der Waals surface area contributed by atoms with E-state index in [0.29, 0.717) is 30.6 Å². The molecule has 0 heterocycles. The molecule has 1 amide bonds. The molecular weight excluding hydrogens is 454 g/mol. The molecule has 36 heavy (non-hydrogen) atoms. The summed E-state index contributed by atoms with van der Waals surface area (Å²) in [5.74, 6) is 1.13. The number of aliphatic hydroxyl groups is 2. The second kappa shape index (κ2) is 10.9. The van der Waals surface area contributed by atoms with E-state index >= 15 is 0 Å². The van der Waals surface area contributed by atoms with E-state index in [0.717, 1.165) is 64.2 Å². The van der Waals surface area contributed by atoms with Crippen LogP contribution >= 0.6 is 0 Å². The van der Waals surface area contributed by atoms with E-state index in [1.165, 1.54) is 0 Å². The normalized spacial score (nSPS) is 44.7. The summed E-state index contributed by atoms with van der Waals surface area (Å²) in [6.07, 6.45) is 10.3. The van der Waals surface area contributed by atoms with Gasteiger partial charge in [0, 0.05) is 18.9 Å². The zero-order chi connectivity index (χ0) is 26.3. The molecule has 11 atom stereocenters. The number of aliphatic hydroxyl groups excluding tert-OH is 2. The number of amides is 1. The molecule has 0 saturated heterocycles. The first-order valence-corrected chi connectivity index (χ1v) is 14.9. The van der Waals surface area contributed by atoms with Gasteiger partial charge in [-0.25, -0.2) is 0 Å². The maximum absolute atomic E-state index is 12.5. The zero-order valence-corrected chi connectivity index (χ0v) is 23.0. The van der Waals surface area contributed by atoms with Crippen molar-refractivity contribution in [1.29, 1.82) is 0 Å². The number of hydrogen-bond donors (Lipinski definition) is 4. The fourth-order valence-electron chi connectivity index (χ4n) is 9.67. The van der Waals surface area contributed by atoms with Gasteiger partial charge in [-0.05, 0) is 104 Å². The summed E-state index contributed by atoms with van der Waals surface area (Å²) in [6, 6.07) is 0.200. The van der Waals surface area contributed by atoms with Crippen molar-refractivity contribution in [3.8, 4) is 0 Å². The van der Waals surface area contributed by atoms with Crippen molar-refractivity contribution in [1.82, 2.24) is 5.32 Å². The smallest absolute Gasteiger partial charge is 0.303 e. The van der Waals surface area contributed by atoms with E-state index in [-0.39, 0.29) is 53.1 Å². The lowest BCUT2D eigenvalue weighted by Gasteiger charge is -2.63. The minimum atomic E-state index is -0.750. The highest BCUT2D eigenvalue weighted by molar-refractivity contribution is 5.76. The van der Waals surface area contributed by atoms with Crippen molar-refractivity contribution in [3.63, 3.8) is 0 Å². The summed E-state index contributed by atoms with van der Waals surface area (Å²) in [7, 11) is 0. The van der Waals surface area contributed by atoms with Gasteiger partial charge >= 0.3 is 5.97 Å². The van der Waals surface area contributed by atoms with Crippen molar-refractivity contribution >= 4 is 11.9 Å². The summed E-state index contributed by atoms with van der Waals surface area (Å²) in [4.78, 5) is 23.6. The third-order valence-corrected chi connectivity index (χ3v) is 11.7. The predicted molar refractivity (Wildman–Crippen MR) is 140 cm³/mol. The van der Waals surface area contributed by atoms with Gasteiger partial charge in [0.2, 0.25) is 5.91 Å². The van der Waals surface area contributed by atoms with Crippen LogP contribution in [-0.4, -0.2) is 45.4 Å². The molecule has 4 aliphatic carbocycles. The highest BCUT2D eigenvalue weighted by Crippen LogP contribution is 2.68. The molecule has 0 aromatic carbocycles. The van der Waals surface area contributed by atoms with E-state index in [1.54, 1.807) is 0 Å². The molecule has 4 saturated carbocycles. The van der Waals surface area contributed by atoms with Crippen molar-refractivity contribution < 1.29 is 24.9 Å². The first-order valence-electron chi connectivity index (χ1n) is 14.9. The molecule has 4 aliphatic rings. The topological polar surface area (TPSA) is 107 Å². The molecule has 0 bridgehead atoms. The molecule has 0 radical (unpaired) electrons. The number of aliphatic carboxylic acids is 1. The molecule has 6 nitrogen and oxygen atoms in total. The Morgan fingerprint density at radius 1 is 1.00 bits per heavy atom. The number of carboxylic acid groups (broad SMARTS) is 1. The SMILES string of the molecule is CCCCCC(=O)N[C@H]1CC[C@@]2(C)C(C1)C[C@@H](O)C1C2C[C@H](O)[C@@]2(C)C1CC[C@@H]2[C@H](C)CCC(=O)O. The van der Waals surface area contributed by atoms with Gasteiger partial charge in [-0.2, -0.15) is 0 Å². The number of carbonyl (C=O) groups excluding carboxylic acids is 1. The number of rotatable bonds is 9. The van der Waals surface area contributed by atoms with E-state index in [4.69, 9.17) is 0 Å². The van der Waals surface area contributed by atoms with Gasteiger partial charge in [0.05, 0.1) is 12.2 Å². The van der Waals surface area contributed by atoms with Crippen LogP contribution in [0.25, 0.3) is 0 Å². The molecule has 6 heteroatoms. The Morgan fingerprint density at radius 3 is 2.44 bits per heavy atom. The largest absolute Gasteiger partial charge is 0.481 e. The number of hydrogen-bond acceptors (Lipinski definition) is 4. The molecule has 0 aromatic heterocycles. The number of carboxylic acids is 1. The Hall–Kier alpha value is -1.14. The summed E-state index contributed by atoms with van der Waals surface area (Å²) in [5.41, 5.74) is -0.171. The van der Waals surface area contributed by atoms with Crippen LogP contribution in [0.1, 0.15) is 111 Å². The molecule has 4 unspecified atom stereocenters. The Morgan fingerprint density at radius 2 is 1.75 bits per heavy atom. The van der Waals surface area contributed by atoms with Crippen molar-refractivity contribution in [2.45, 2.75) is 129 Å². The molecule has 0 spiro atoms. The van der Waals surface area contributed by atoms with Gasteiger partial charge < -0.3 is 20.6 Å². The van der Waals surface area contributed by atoms with Crippen LogP contribution in [0.2, 0.25) is 0 Å². The molecule has 4 N–H and O–H groups in total. The number of carbonyl (C=O) groups is 2. The molecule has 0 aromatic rings. The molecule has 206 valence electrons. The van der Waals surface area contributed by atoms with E-state index in [9.17, 15) is 24.9 Å². The van der Waals surface area contributed by atoms with Crippen LogP contribution < -0.4 is 5.32 Å². The minimum absolute atomic E-state index is 0.0860. The Bertz CT molecular complexity index is 802. The number of fused-ring (bicyclic) bond motifs is 5. The summed E-state index contributed by atoms with van der Waals surface area (Å²) in [5, 5.41) is 35.7. The second-order valence-electron chi connectivity index (χ2n) is 13.5. The Labute approximate surface area is 218 Å². The lowest BCUT2D eigenvalue weighted by Crippen LogP contribution is -2.63. The third kappa shape index (κ3) is 4.98. The molecular formula is C30H51NO5. The Kier molecular flexibility index (Phi) is 8.46. The van der Waals surface area contributed by atoms with E-state index < -0.39 is 12.1 Å². The highest BCUT2D eigenvalue weighted by atomic mass is 16.4. The van der Waals surface area contributed by atoms with Gasteiger partial charge in [0.1, 0.15) is 0 Å². The third-order valence-electron chi connectivity index (χ3n) is 11.7. The van der Waals surface area contributed by atoms with Gasteiger partial charge in [-0.1, -0.05) is 40.5 Å². The van der Waals surface area contributed by atoms with Crippen LogP contribution in [0.15, 0.2) is 0 Å². The van der Waals surface area contributed by atoms with Crippen molar-refractivity contribution in [3.05, 3.63) is 0 Å². The first kappa shape index (κ1) is 27.9. The summed E-state index contributed by atoms with van der Waals surface area (Å²) >= 11 is 0. The van der Waals surface area contributed by atoms with Crippen LogP contribution in [-0.2, 0) is 9.59 Å². The number of nitrogens with one attached hydrogen (secondary N) is 1. The van der Waals surface area contributed by atoms with Crippen molar-refractivity contribution in [2.24, 2.45) is 46.3 Å². The fourth-order valence-corrected chi connectivity index (χ4v) is 9.67. The van der Waals surface area contributed by atoms with E-state index in [2.05, 4.69) is 33.0 Å². The first-order chi connectivity index (χ1) is 17.0. The van der Waals surface area contributed by atoms with Crippen LogP contribution in [0.3, 0.4) is 0 Å². The van der Waals surface area contributed by atoms with Crippen LogP contribution in [0.5, 0.6) is 0 Å².